The Morgan fingerprint density at radius 3 is 2.41 bits per heavy atom. The Hall–Kier alpha value is -3.84. The van der Waals surface area contributed by atoms with E-state index in [1.165, 1.54) is 17.0 Å². The minimum Gasteiger partial charge on any atom is -0.508 e. The van der Waals surface area contributed by atoms with Crippen molar-refractivity contribution in [1.82, 2.24) is 9.88 Å². The number of aliphatic hydroxyl groups is 1. The lowest BCUT2D eigenvalue weighted by Gasteiger charge is -2.25. The summed E-state index contributed by atoms with van der Waals surface area (Å²) < 4.78 is 0.832. The van der Waals surface area contributed by atoms with E-state index in [9.17, 15) is 19.8 Å². The number of phenols is 1. The topological polar surface area (TPSA) is 93.6 Å². The quantitative estimate of drug-likeness (QED) is 0.190. The highest BCUT2D eigenvalue weighted by Gasteiger charge is 2.45. The SMILES string of the molecule is O=C1C(=O)N(CCc2c[nH]c3ccccc23)C(c2ccc(O)cc2)/C1=C(/O)c1ccc(Br)cc1. The van der Waals surface area contributed by atoms with Crippen molar-refractivity contribution in [2.75, 3.05) is 6.54 Å². The van der Waals surface area contributed by atoms with Crippen molar-refractivity contribution in [3.63, 3.8) is 0 Å². The maximum Gasteiger partial charge on any atom is 0.295 e. The van der Waals surface area contributed by atoms with Crippen LogP contribution in [0.4, 0.5) is 0 Å². The standard InChI is InChI=1S/C27H21BrN2O4/c28-19-9-5-17(6-10-19)25(32)23-24(16-7-11-20(31)12-8-16)30(27(34)26(23)33)14-13-18-15-29-22-4-2-1-3-21(18)22/h1-12,15,24,29,31-32H,13-14H2/b25-23-. The van der Waals surface area contributed by atoms with E-state index >= 15 is 0 Å². The van der Waals surface area contributed by atoms with Gasteiger partial charge in [0.25, 0.3) is 11.7 Å². The van der Waals surface area contributed by atoms with Gasteiger partial charge in [0.15, 0.2) is 0 Å². The number of nitrogens with zero attached hydrogens (tertiary/aromatic N) is 1. The molecule has 6 nitrogen and oxygen atoms in total. The van der Waals surface area contributed by atoms with Crippen LogP contribution in [0.5, 0.6) is 5.75 Å². The van der Waals surface area contributed by atoms with Crippen molar-refractivity contribution < 1.29 is 19.8 Å². The average Bonchev–Trinajstić information content (AvgIpc) is 3.37. The normalized spacial score (nSPS) is 17.6. The fraction of sp³-hybridized carbons (Fsp3) is 0.111. The van der Waals surface area contributed by atoms with E-state index in [1.807, 2.05) is 30.5 Å². The number of aromatic hydroxyl groups is 1. The third kappa shape index (κ3) is 3.88. The molecule has 1 saturated heterocycles. The summed E-state index contributed by atoms with van der Waals surface area (Å²) in [5, 5.41) is 21.9. The first-order valence-electron chi connectivity index (χ1n) is 10.8. The van der Waals surface area contributed by atoms with Crippen molar-refractivity contribution >= 4 is 44.3 Å². The van der Waals surface area contributed by atoms with E-state index in [0.29, 0.717) is 17.5 Å². The van der Waals surface area contributed by atoms with Gasteiger partial charge in [-0.15, -0.1) is 0 Å². The number of hydrogen-bond acceptors (Lipinski definition) is 4. The van der Waals surface area contributed by atoms with Gasteiger partial charge in [0.1, 0.15) is 11.5 Å². The van der Waals surface area contributed by atoms with Gasteiger partial charge in [0.2, 0.25) is 0 Å². The predicted molar refractivity (Wildman–Crippen MR) is 133 cm³/mol. The zero-order chi connectivity index (χ0) is 23.8. The van der Waals surface area contributed by atoms with Gasteiger partial charge in [-0.3, -0.25) is 9.59 Å². The molecule has 4 aromatic rings. The summed E-state index contributed by atoms with van der Waals surface area (Å²) in [5.74, 6) is -1.53. The molecule has 0 aliphatic carbocycles. The molecule has 0 saturated carbocycles. The Balaban J connectivity index is 1.56. The largest absolute Gasteiger partial charge is 0.508 e. The molecule has 170 valence electrons. The van der Waals surface area contributed by atoms with Crippen LogP contribution >= 0.6 is 15.9 Å². The first-order chi connectivity index (χ1) is 16.4. The predicted octanol–water partition coefficient (Wildman–Crippen LogP) is 5.30. The number of para-hydroxylation sites is 1. The van der Waals surface area contributed by atoms with Crippen molar-refractivity contribution in [2.45, 2.75) is 12.5 Å². The zero-order valence-corrected chi connectivity index (χ0v) is 19.6. The number of benzene rings is 3. The van der Waals surface area contributed by atoms with Gasteiger partial charge >= 0.3 is 0 Å². The molecule has 1 aliphatic heterocycles. The smallest absolute Gasteiger partial charge is 0.295 e. The number of Topliss-reactive ketones (excluding diaryl/α,β-unsaturated/α-hetero) is 1. The first-order valence-corrected chi connectivity index (χ1v) is 11.6. The molecule has 1 fully saturated rings. The van der Waals surface area contributed by atoms with Gasteiger partial charge in [-0.05, 0) is 47.9 Å². The number of fused-ring (bicyclic) bond motifs is 1. The molecule has 2 heterocycles. The molecule has 5 rings (SSSR count). The number of H-pyrrole nitrogens is 1. The van der Waals surface area contributed by atoms with Gasteiger partial charge in [-0.1, -0.05) is 58.4 Å². The second-order valence-electron chi connectivity index (χ2n) is 8.20. The third-order valence-electron chi connectivity index (χ3n) is 6.16. The van der Waals surface area contributed by atoms with Crippen LogP contribution in [-0.2, 0) is 16.0 Å². The maximum atomic E-state index is 13.1. The Morgan fingerprint density at radius 1 is 0.971 bits per heavy atom. The van der Waals surface area contributed by atoms with Crippen LogP contribution in [0, 0.1) is 0 Å². The van der Waals surface area contributed by atoms with Crippen LogP contribution in [0.2, 0.25) is 0 Å². The number of nitrogens with one attached hydrogen (secondary N) is 1. The summed E-state index contributed by atoms with van der Waals surface area (Å²) in [5.41, 5.74) is 3.16. The maximum absolute atomic E-state index is 13.1. The number of phenolic OH excluding ortho intramolecular Hbond substituents is 1. The van der Waals surface area contributed by atoms with E-state index in [1.54, 1.807) is 36.4 Å². The molecule has 1 atom stereocenters. The number of ketones is 1. The Bertz CT molecular complexity index is 1420. The van der Waals surface area contributed by atoms with Crippen molar-refractivity contribution in [3.8, 4) is 5.75 Å². The van der Waals surface area contributed by atoms with E-state index in [0.717, 1.165) is 20.9 Å². The molecule has 1 aromatic heterocycles. The molecule has 1 amide bonds. The van der Waals surface area contributed by atoms with Crippen LogP contribution in [0.15, 0.2) is 89.0 Å². The van der Waals surface area contributed by atoms with Crippen LogP contribution in [-0.4, -0.2) is 38.3 Å². The fourth-order valence-corrected chi connectivity index (χ4v) is 4.72. The third-order valence-corrected chi connectivity index (χ3v) is 6.69. The summed E-state index contributed by atoms with van der Waals surface area (Å²) in [4.78, 5) is 31.0. The summed E-state index contributed by atoms with van der Waals surface area (Å²) in [6, 6.07) is 20.4. The van der Waals surface area contributed by atoms with Crippen molar-refractivity contribution in [1.29, 1.82) is 0 Å². The highest BCUT2D eigenvalue weighted by atomic mass is 79.9. The van der Waals surface area contributed by atoms with E-state index in [2.05, 4.69) is 20.9 Å². The molecule has 0 radical (unpaired) electrons. The van der Waals surface area contributed by atoms with Gasteiger partial charge in [0.05, 0.1) is 11.6 Å². The Kier molecular flexibility index (Phi) is 5.71. The zero-order valence-electron chi connectivity index (χ0n) is 18.0. The van der Waals surface area contributed by atoms with E-state index in [4.69, 9.17) is 0 Å². The molecule has 1 aliphatic rings. The van der Waals surface area contributed by atoms with E-state index < -0.39 is 17.7 Å². The van der Waals surface area contributed by atoms with Crippen LogP contribution in [0.3, 0.4) is 0 Å². The van der Waals surface area contributed by atoms with E-state index in [-0.39, 0.29) is 23.6 Å². The average molecular weight is 517 g/mol. The van der Waals surface area contributed by atoms with Crippen molar-refractivity contribution in [3.05, 3.63) is 106 Å². The van der Waals surface area contributed by atoms with Gasteiger partial charge in [-0.2, -0.15) is 0 Å². The lowest BCUT2D eigenvalue weighted by molar-refractivity contribution is -0.139. The highest BCUT2D eigenvalue weighted by Crippen LogP contribution is 2.40. The van der Waals surface area contributed by atoms with Crippen LogP contribution < -0.4 is 0 Å². The first kappa shape index (κ1) is 22.0. The summed E-state index contributed by atoms with van der Waals surface area (Å²) in [7, 11) is 0. The molecular weight excluding hydrogens is 496 g/mol. The summed E-state index contributed by atoms with van der Waals surface area (Å²) in [6.07, 6.45) is 2.45. The lowest BCUT2D eigenvalue weighted by Crippen LogP contribution is -2.31. The molecule has 0 bridgehead atoms. The molecule has 3 aromatic carbocycles. The number of rotatable bonds is 5. The lowest BCUT2D eigenvalue weighted by atomic mass is 9.95. The number of aromatic nitrogens is 1. The number of aliphatic hydroxyl groups excluding tert-OH is 1. The molecule has 34 heavy (non-hydrogen) atoms. The molecule has 0 spiro atoms. The van der Waals surface area contributed by atoms with Crippen LogP contribution in [0.25, 0.3) is 16.7 Å². The number of carbonyl (C=O) groups is 2. The number of carbonyl (C=O) groups excluding carboxylic acids is 2. The molecular formula is C27H21BrN2O4. The molecule has 1 unspecified atom stereocenters. The van der Waals surface area contributed by atoms with Crippen LogP contribution in [0.1, 0.15) is 22.7 Å². The number of likely N-dealkylation sites (tertiary alicyclic amines) is 1. The minimum atomic E-state index is -0.769. The monoisotopic (exact) mass is 516 g/mol. The second-order valence-corrected chi connectivity index (χ2v) is 9.12. The Morgan fingerprint density at radius 2 is 1.68 bits per heavy atom. The number of halogens is 1. The highest BCUT2D eigenvalue weighted by molar-refractivity contribution is 9.10. The number of aromatic amines is 1. The fourth-order valence-electron chi connectivity index (χ4n) is 4.46. The number of hydrogen-bond donors (Lipinski definition) is 3. The van der Waals surface area contributed by atoms with Gasteiger partial charge in [-0.25, -0.2) is 0 Å². The minimum absolute atomic E-state index is 0.0388. The van der Waals surface area contributed by atoms with Gasteiger partial charge < -0.3 is 20.1 Å². The Labute approximate surface area is 204 Å². The summed E-state index contributed by atoms with van der Waals surface area (Å²) >= 11 is 3.37. The molecule has 3 N–H and O–H groups in total. The van der Waals surface area contributed by atoms with Crippen molar-refractivity contribution in [2.24, 2.45) is 0 Å². The number of amides is 1. The van der Waals surface area contributed by atoms with Gasteiger partial charge in [0, 0.05) is 33.7 Å². The molecule has 7 heteroatoms. The summed E-state index contributed by atoms with van der Waals surface area (Å²) in [6.45, 7) is 0.287. The second kappa shape index (κ2) is 8.83.